The smallest absolute Gasteiger partial charge is 0.118 e. The van der Waals surface area contributed by atoms with Gasteiger partial charge in [-0.15, -0.1) is 11.3 Å². The van der Waals surface area contributed by atoms with Gasteiger partial charge < -0.3 is 10.1 Å². The fourth-order valence-corrected chi connectivity index (χ4v) is 3.08. The minimum absolute atomic E-state index is 0.338. The van der Waals surface area contributed by atoms with Gasteiger partial charge in [0.15, 0.2) is 0 Å². The minimum atomic E-state index is 0.338. The van der Waals surface area contributed by atoms with Gasteiger partial charge >= 0.3 is 0 Å². The predicted octanol–water partition coefficient (Wildman–Crippen LogP) is 4.22. The van der Waals surface area contributed by atoms with Gasteiger partial charge in [-0.2, -0.15) is 0 Å². The molecule has 2 aromatic rings. The van der Waals surface area contributed by atoms with Crippen LogP contribution in [0.3, 0.4) is 0 Å². The Morgan fingerprint density at radius 1 is 1.21 bits per heavy atom. The summed E-state index contributed by atoms with van der Waals surface area (Å²) in [6.45, 7) is 7.46. The lowest BCUT2D eigenvalue weighted by Crippen LogP contribution is -2.18. The van der Waals surface area contributed by atoms with Crippen molar-refractivity contribution in [3.63, 3.8) is 0 Å². The topological polar surface area (TPSA) is 21.3 Å². The summed E-state index contributed by atoms with van der Waals surface area (Å²) >= 11 is 1.87. The molecule has 19 heavy (non-hydrogen) atoms. The third kappa shape index (κ3) is 3.58. The van der Waals surface area contributed by atoms with Crippen LogP contribution in [0.2, 0.25) is 0 Å². The third-order valence-corrected chi connectivity index (χ3v) is 4.37. The van der Waals surface area contributed by atoms with Crippen molar-refractivity contribution in [2.24, 2.45) is 0 Å². The summed E-state index contributed by atoms with van der Waals surface area (Å²) in [7, 11) is 1.69. The SMILES string of the molecule is COc1ccc([C@@H](C)NCc2cc(C)sc2C)cc1. The maximum Gasteiger partial charge on any atom is 0.118 e. The highest BCUT2D eigenvalue weighted by molar-refractivity contribution is 7.12. The van der Waals surface area contributed by atoms with Gasteiger partial charge in [0, 0.05) is 22.3 Å². The zero-order valence-electron chi connectivity index (χ0n) is 12.0. The van der Waals surface area contributed by atoms with Crippen LogP contribution in [0, 0.1) is 13.8 Å². The van der Waals surface area contributed by atoms with Crippen molar-refractivity contribution >= 4 is 11.3 Å². The van der Waals surface area contributed by atoms with Crippen molar-refractivity contribution in [3.8, 4) is 5.75 Å². The molecule has 1 atom stereocenters. The second-order valence-electron chi connectivity index (χ2n) is 4.81. The average Bonchev–Trinajstić information content (AvgIpc) is 2.74. The van der Waals surface area contributed by atoms with Gasteiger partial charge in [-0.3, -0.25) is 0 Å². The number of aryl methyl sites for hydroxylation is 2. The Morgan fingerprint density at radius 2 is 1.89 bits per heavy atom. The molecule has 1 heterocycles. The van der Waals surface area contributed by atoms with Gasteiger partial charge in [0.05, 0.1) is 7.11 Å². The van der Waals surface area contributed by atoms with Gasteiger partial charge in [0.1, 0.15) is 5.75 Å². The summed E-state index contributed by atoms with van der Waals surface area (Å²) in [4.78, 5) is 2.79. The monoisotopic (exact) mass is 275 g/mol. The van der Waals surface area contributed by atoms with Crippen molar-refractivity contribution < 1.29 is 4.74 Å². The molecular formula is C16H21NOS. The van der Waals surface area contributed by atoms with Crippen molar-refractivity contribution in [1.29, 1.82) is 0 Å². The fourth-order valence-electron chi connectivity index (χ4n) is 2.13. The molecule has 0 saturated carbocycles. The first-order chi connectivity index (χ1) is 9.10. The molecule has 0 aliphatic rings. The van der Waals surface area contributed by atoms with Crippen LogP contribution in [0.15, 0.2) is 30.3 Å². The Balaban J connectivity index is 1.96. The summed E-state index contributed by atoms with van der Waals surface area (Å²) in [5, 5.41) is 3.57. The van der Waals surface area contributed by atoms with E-state index in [1.165, 1.54) is 20.9 Å². The lowest BCUT2D eigenvalue weighted by Gasteiger charge is -2.14. The molecule has 1 aromatic carbocycles. The van der Waals surface area contributed by atoms with Crippen LogP contribution in [0.5, 0.6) is 5.75 Å². The Kier molecular flexibility index (Phi) is 4.61. The highest BCUT2D eigenvalue weighted by Gasteiger charge is 2.07. The molecule has 102 valence electrons. The molecule has 1 N–H and O–H groups in total. The Labute approximate surface area is 119 Å². The van der Waals surface area contributed by atoms with Crippen molar-refractivity contribution in [2.75, 3.05) is 7.11 Å². The normalized spacial score (nSPS) is 12.4. The van der Waals surface area contributed by atoms with E-state index in [2.05, 4.69) is 44.3 Å². The first-order valence-electron chi connectivity index (χ1n) is 6.53. The molecule has 2 rings (SSSR count). The van der Waals surface area contributed by atoms with E-state index in [0.29, 0.717) is 6.04 Å². The Morgan fingerprint density at radius 3 is 2.42 bits per heavy atom. The highest BCUT2D eigenvalue weighted by atomic mass is 32.1. The Hall–Kier alpha value is -1.32. The molecule has 0 unspecified atom stereocenters. The molecule has 2 nitrogen and oxygen atoms in total. The molecule has 0 amide bonds. The van der Waals surface area contributed by atoms with E-state index in [-0.39, 0.29) is 0 Å². The van der Waals surface area contributed by atoms with Crippen LogP contribution in [0.1, 0.15) is 33.8 Å². The lowest BCUT2D eigenvalue weighted by atomic mass is 10.1. The molecular weight excluding hydrogens is 254 g/mol. The number of thiophene rings is 1. The molecule has 0 fully saturated rings. The molecule has 0 radical (unpaired) electrons. The molecule has 0 saturated heterocycles. The van der Waals surface area contributed by atoms with E-state index >= 15 is 0 Å². The van der Waals surface area contributed by atoms with Crippen LogP contribution in [-0.4, -0.2) is 7.11 Å². The number of benzene rings is 1. The first-order valence-corrected chi connectivity index (χ1v) is 7.35. The standard InChI is InChI=1S/C16H21NOS/c1-11-9-15(13(3)19-11)10-17-12(2)14-5-7-16(18-4)8-6-14/h5-9,12,17H,10H2,1-4H3/t12-/m1/s1. The van der Waals surface area contributed by atoms with E-state index in [1.54, 1.807) is 7.11 Å². The lowest BCUT2D eigenvalue weighted by molar-refractivity contribution is 0.414. The Bertz CT molecular complexity index is 530. The number of nitrogens with one attached hydrogen (secondary N) is 1. The summed E-state index contributed by atoms with van der Waals surface area (Å²) in [5.74, 6) is 0.903. The summed E-state index contributed by atoms with van der Waals surface area (Å²) in [6, 6.07) is 10.9. The quantitative estimate of drug-likeness (QED) is 0.882. The molecule has 0 aliphatic heterocycles. The van der Waals surface area contributed by atoms with Gasteiger partial charge in [0.2, 0.25) is 0 Å². The van der Waals surface area contributed by atoms with Crippen LogP contribution in [0.25, 0.3) is 0 Å². The number of ether oxygens (including phenoxy) is 1. The summed E-state index contributed by atoms with van der Waals surface area (Å²) < 4.78 is 5.18. The van der Waals surface area contributed by atoms with Crippen LogP contribution < -0.4 is 10.1 Å². The minimum Gasteiger partial charge on any atom is -0.497 e. The summed E-state index contributed by atoms with van der Waals surface area (Å²) in [5.41, 5.74) is 2.69. The molecule has 3 heteroatoms. The van der Waals surface area contributed by atoms with E-state index in [1.807, 2.05) is 23.5 Å². The summed E-state index contributed by atoms with van der Waals surface area (Å²) in [6.07, 6.45) is 0. The fraction of sp³-hybridized carbons (Fsp3) is 0.375. The van der Waals surface area contributed by atoms with Crippen molar-refractivity contribution in [2.45, 2.75) is 33.4 Å². The molecule has 0 bridgehead atoms. The van der Waals surface area contributed by atoms with Crippen LogP contribution in [-0.2, 0) is 6.54 Å². The van der Waals surface area contributed by atoms with Gasteiger partial charge in [-0.1, -0.05) is 12.1 Å². The number of methoxy groups -OCH3 is 1. The average molecular weight is 275 g/mol. The second-order valence-corrected chi connectivity index (χ2v) is 6.27. The second kappa shape index (κ2) is 6.22. The first kappa shape index (κ1) is 14.1. The van der Waals surface area contributed by atoms with Gasteiger partial charge in [-0.25, -0.2) is 0 Å². The van der Waals surface area contributed by atoms with Gasteiger partial charge in [-0.05, 0) is 50.1 Å². The third-order valence-electron chi connectivity index (χ3n) is 3.36. The zero-order chi connectivity index (χ0) is 13.8. The van der Waals surface area contributed by atoms with E-state index in [0.717, 1.165) is 12.3 Å². The molecule has 0 spiro atoms. The highest BCUT2D eigenvalue weighted by Crippen LogP contribution is 2.22. The molecule has 0 aliphatic carbocycles. The van der Waals surface area contributed by atoms with Crippen molar-refractivity contribution in [1.82, 2.24) is 5.32 Å². The predicted molar refractivity (Wildman–Crippen MR) is 82.0 cm³/mol. The van der Waals surface area contributed by atoms with Crippen LogP contribution >= 0.6 is 11.3 Å². The van der Waals surface area contributed by atoms with E-state index in [4.69, 9.17) is 4.74 Å². The largest absolute Gasteiger partial charge is 0.497 e. The number of hydrogen-bond acceptors (Lipinski definition) is 3. The van der Waals surface area contributed by atoms with Crippen molar-refractivity contribution in [3.05, 3.63) is 51.2 Å². The van der Waals surface area contributed by atoms with E-state index < -0.39 is 0 Å². The number of hydrogen-bond donors (Lipinski definition) is 1. The maximum atomic E-state index is 5.18. The maximum absolute atomic E-state index is 5.18. The zero-order valence-corrected chi connectivity index (χ0v) is 12.8. The van der Waals surface area contributed by atoms with E-state index in [9.17, 15) is 0 Å². The van der Waals surface area contributed by atoms with Crippen LogP contribution in [0.4, 0.5) is 0 Å². The van der Waals surface area contributed by atoms with Gasteiger partial charge in [0.25, 0.3) is 0 Å². The molecule has 1 aromatic heterocycles. The number of rotatable bonds is 5.